The molecule has 0 spiro atoms. The zero-order valence-corrected chi connectivity index (χ0v) is 7.83. The molecule has 0 atom stereocenters. The average Bonchev–Trinajstić information content (AvgIpc) is 2.03. The minimum absolute atomic E-state index is 0.106. The Hall–Kier alpha value is -1.80. The maximum atomic E-state index is 10.8. The van der Waals surface area contributed by atoms with Crippen LogP contribution >= 0.6 is 0 Å². The van der Waals surface area contributed by atoms with Crippen molar-refractivity contribution in [3.05, 3.63) is 0 Å². The lowest BCUT2D eigenvalue weighted by atomic mass is 10.9. The van der Waals surface area contributed by atoms with E-state index >= 15 is 0 Å². The van der Waals surface area contributed by atoms with Gasteiger partial charge >= 0.3 is 18.7 Å². The van der Waals surface area contributed by atoms with E-state index < -0.39 is 18.7 Å². The van der Waals surface area contributed by atoms with Gasteiger partial charge in [-0.3, -0.25) is 0 Å². The Morgan fingerprint density at radius 2 is 1.40 bits per heavy atom. The van der Waals surface area contributed by atoms with Crippen LogP contribution in [0.25, 0.3) is 0 Å². The van der Waals surface area contributed by atoms with Crippen LogP contribution in [0.4, 0.5) is 27.6 Å². The maximum Gasteiger partial charge on any atom is 0.495 e. The van der Waals surface area contributed by atoms with Gasteiger partial charge in [-0.05, 0) is 6.92 Å². The number of hydrogen-bond donors (Lipinski definition) is 1. The second-order valence-corrected chi connectivity index (χ2v) is 1.37. The third-order valence-electron chi connectivity index (χ3n) is 0.418. The van der Waals surface area contributed by atoms with Crippen molar-refractivity contribution in [3.8, 4) is 0 Å². The van der Waals surface area contributed by atoms with Gasteiger partial charge in [-0.25, -0.2) is 14.4 Å². The summed E-state index contributed by atoms with van der Waals surface area (Å²) in [7, 11) is 0.975. The van der Waals surface area contributed by atoms with E-state index in [2.05, 4.69) is 9.47 Å². The van der Waals surface area contributed by atoms with Gasteiger partial charge in [-0.2, -0.15) is 0 Å². The number of halogens is 3. The molecule has 0 aliphatic carbocycles. The fourth-order valence-corrected chi connectivity index (χ4v) is 0.113. The van der Waals surface area contributed by atoms with Crippen molar-refractivity contribution >= 4 is 18.7 Å². The van der Waals surface area contributed by atoms with Crippen molar-refractivity contribution in [3.63, 3.8) is 0 Å². The Labute approximate surface area is 82.6 Å². The Morgan fingerprint density at radius 1 is 1.13 bits per heavy atom. The number of methoxy groups -OCH3 is 1. The molecule has 0 amide bonds. The zero-order valence-electron chi connectivity index (χ0n) is 7.83. The van der Waals surface area contributed by atoms with Gasteiger partial charge in [0, 0.05) is 0 Å². The van der Waals surface area contributed by atoms with Crippen LogP contribution in [0.2, 0.25) is 0 Å². The smallest absolute Gasteiger partial charge is 0.456 e. The highest BCUT2D eigenvalue weighted by Crippen LogP contribution is 1.77. The topological polar surface area (TPSA) is 89.9 Å². The lowest BCUT2D eigenvalue weighted by molar-refractivity contribution is 0.126. The molecule has 0 bridgehead atoms. The molecule has 0 rings (SSSR count). The highest BCUT2D eigenvalue weighted by atomic mass is 19.2. The van der Waals surface area contributed by atoms with E-state index in [0.717, 1.165) is 7.11 Å². The molecule has 0 fully saturated rings. The summed E-state index contributed by atoms with van der Waals surface area (Å²) in [6.45, 7) is 1.65. The van der Waals surface area contributed by atoms with Gasteiger partial charge in [0.05, 0.1) is 13.7 Å². The maximum absolute atomic E-state index is 10.8. The van der Waals surface area contributed by atoms with Crippen molar-refractivity contribution in [2.45, 2.75) is 6.92 Å². The summed E-state index contributed by atoms with van der Waals surface area (Å²) in [6.07, 6.45) is -5.79. The Morgan fingerprint density at radius 3 is 1.40 bits per heavy atom. The average molecular weight is 234 g/mol. The lowest BCUT2D eigenvalue weighted by Crippen LogP contribution is -1.90. The molecule has 0 heterocycles. The summed E-state index contributed by atoms with van der Waals surface area (Å²) in [6, 6.07) is 0. The van der Waals surface area contributed by atoms with Crippen molar-refractivity contribution < 1.29 is 42.1 Å². The molecule has 0 aromatic heterocycles. The minimum Gasteiger partial charge on any atom is -0.456 e. The largest absolute Gasteiger partial charge is 0.495 e. The summed E-state index contributed by atoms with van der Waals surface area (Å²) < 4.78 is 38.5. The van der Waals surface area contributed by atoms with Crippen molar-refractivity contribution in [2.75, 3.05) is 13.7 Å². The third-order valence-corrected chi connectivity index (χ3v) is 0.418. The predicted octanol–water partition coefficient (Wildman–Crippen LogP) is 2.47. The molecule has 0 aliphatic heterocycles. The van der Waals surface area contributed by atoms with Gasteiger partial charge in [-0.15, -0.1) is 13.2 Å². The molecule has 0 aromatic carbocycles. The molecule has 0 saturated carbocycles. The van der Waals surface area contributed by atoms with E-state index in [1.54, 1.807) is 0 Å². The van der Waals surface area contributed by atoms with E-state index in [1.807, 2.05) is 0 Å². The molecular weight excluding hydrogens is 225 g/mol. The Bertz CT molecular complexity index is 191. The molecule has 1 N–H and O–H groups in total. The lowest BCUT2D eigenvalue weighted by Gasteiger charge is -1.85. The second-order valence-electron chi connectivity index (χ2n) is 1.37. The van der Waals surface area contributed by atoms with Crippen LogP contribution in [-0.4, -0.2) is 37.5 Å². The van der Waals surface area contributed by atoms with Crippen molar-refractivity contribution in [1.82, 2.24) is 0 Å². The normalized spacial score (nSPS) is 7.00. The standard InChI is InChI=1S/C3H5FO2.C2H3FO2.CHFO2/c1-2-6-3(4)5;1-5-2(3)4;2-1(3)4/h2H2,1H3;1H3;(H,3,4). The SMILES string of the molecule is CCOC(=O)F.COC(=O)F.O=C(O)F. The minimum atomic E-state index is -2.33. The van der Waals surface area contributed by atoms with Gasteiger partial charge in [-0.1, -0.05) is 0 Å². The third kappa shape index (κ3) is 124. The highest BCUT2D eigenvalue weighted by Gasteiger charge is 1.89. The molecule has 0 unspecified atom stereocenters. The van der Waals surface area contributed by atoms with E-state index in [1.165, 1.54) is 6.92 Å². The van der Waals surface area contributed by atoms with Gasteiger partial charge in [0.25, 0.3) is 0 Å². The molecule has 90 valence electrons. The molecule has 0 aliphatic rings. The van der Waals surface area contributed by atoms with Gasteiger partial charge in [0.2, 0.25) is 0 Å². The monoisotopic (exact) mass is 234 g/mol. The summed E-state index contributed by atoms with van der Waals surface area (Å²) in [5, 5.41) is 6.75. The van der Waals surface area contributed by atoms with E-state index in [9.17, 15) is 13.2 Å². The molecule has 6 nitrogen and oxygen atoms in total. The van der Waals surface area contributed by atoms with E-state index in [-0.39, 0.29) is 6.61 Å². The number of carboxylic acid groups (broad SMARTS) is 1. The molecular formula is C6H9F3O6. The van der Waals surface area contributed by atoms with Crippen LogP contribution in [0.1, 0.15) is 6.92 Å². The van der Waals surface area contributed by atoms with Gasteiger partial charge in [0.1, 0.15) is 0 Å². The van der Waals surface area contributed by atoms with Gasteiger partial charge in [0.15, 0.2) is 0 Å². The van der Waals surface area contributed by atoms with Gasteiger partial charge < -0.3 is 14.6 Å². The number of carbonyl (C=O) groups is 3. The fraction of sp³-hybridized carbons (Fsp3) is 0.500. The summed E-state index contributed by atoms with van der Waals surface area (Å²) >= 11 is 0. The number of rotatable bonds is 1. The number of ether oxygens (including phenoxy) is 2. The van der Waals surface area contributed by atoms with Crippen LogP contribution in [0.15, 0.2) is 0 Å². The van der Waals surface area contributed by atoms with Crippen LogP contribution < -0.4 is 0 Å². The van der Waals surface area contributed by atoms with E-state index in [4.69, 9.17) is 19.5 Å². The van der Waals surface area contributed by atoms with Crippen LogP contribution in [0.5, 0.6) is 0 Å². The summed E-state index contributed by atoms with van der Waals surface area (Å²) in [4.78, 5) is 26.4. The predicted molar refractivity (Wildman–Crippen MR) is 40.8 cm³/mol. The first-order chi connectivity index (χ1) is 6.77. The quantitative estimate of drug-likeness (QED) is 0.701. The van der Waals surface area contributed by atoms with Crippen molar-refractivity contribution in [2.24, 2.45) is 0 Å². The molecule has 15 heavy (non-hydrogen) atoms. The van der Waals surface area contributed by atoms with Crippen LogP contribution in [0, 0.1) is 0 Å². The Kier molecular flexibility index (Phi) is 18.5. The van der Waals surface area contributed by atoms with Crippen LogP contribution in [-0.2, 0) is 9.47 Å². The van der Waals surface area contributed by atoms with E-state index in [0.29, 0.717) is 0 Å². The fourth-order valence-electron chi connectivity index (χ4n) is 0.113. The number of hydrogen-bond acceptors (Lipinski definition) is 5. The van der Waals surface area contributed by atoms with Crippen LogP contribution in [0.3, 0.4) is 0 Å². The second kappa shape index (κ2) is 14.7. The molecule has 0 aromatic rings. The molecule has 9 heteroatoms. The summed E-state index contributed by atoms with van der Waals surface area (Å²) in [5.41, 5.74) is 0. The first kappa shape index (κ1) is 18.9. The highest BCUT2D eigenvalue weighted by molar-refractivity contribution is 5.57. The van der Waals surface area contributed by atoms with Crippen molar-refractivity contribution in [1.29, 1.82) is 0 Å². The first-order valence-corrected chi connectivity index (χ1v) is 3.22. The number of carbonyl (C=O) groups excluding carboxylic acids is 2. The summed E-state index contributed by atoms with van der Waals surface area (Å²) in [5.74, 6) is 0. The molecule has 0 saturated heterocycles. The first-order valence-electron chi connectivity index (χ1n) is 3.22. The Balaban J connectivity index is -0.000000147. The molecule has 0 radical (unpaired) electrons. The zero-order chi connectivity index (χ0) is 12.9.